The van der Waals surface area contributed by atoms with Crippen molar-refractivity contribution in [3.63, 3.8) is 0 Å². The van der Waals surface area contributed by atoms with Crippen LogP contribution in [0.4, 0.5) is 5.69 Å². The van der Waals surface area contributed by atoms with Crippen LogP contribution >= 0.6 is 15.9 Å². The third-order valence-electron chi connectivity index (χ3n) is 2.63. The van der Waals surface area contributed by atoms with Crippen molar-refractivity contribution in [2.24, 2.45) is 0 Å². The van der Waals surface area contributed by atoms with Crippen LogP contribution in [0.25, 0.3) is 0 Å². The van der Waals surface area contributed by atoms with Gasteiger partial charge in [-0.3, -0.25) is 0 Å². The molecule has 2 rings (SSSR count). The number of hydrogen-bond acceptors (Lipinski definition) is 2. The van der Waals surface area contributed by atoms with Crippen LogP contribution < -0.4 is 10.5 Å². The summed E-state index contributed by atoms with van der Waals surface area (Å²) in [4.78, 5) is 0. The maximum absolute atomic E-state index is 5.82. The molecule has 0 bridgehead atoms. The summed E-state index contributed by atoms with van der Waals surface area (Å²) in [7, 11) is 0. The van der Waals surface area contributed by atoms with Crippen molar-refractivity contribution in [3.8, 4) is 5.75 Å². The van der Waals surface area contributed by atoms with E-state index in [9.17, 15) is 0 Å². The zero-order valence-corrected chi connectivity index (χ0v) is 11.2. The van der Waals surface area contributed by atoms with Crippen LogP contribution in [0.1, 0.15) is 11.1 Å². The molecule has 3 heteroatoms. The first-order valence-corrected chi connectivity index (χ1v) is 6.18. The molecule has 88 valence electrons. The van der Waals surface area contributed by atoms with E-state index in [-0.39, 0.29) is 0 Å². The predicted molar refractivity (Wildman–Crippen MR) is 74.1 cm³/mol. The van der Waals surface area contributed by atoms with Crippen molar-refractivity contribution in [1.82, 2.24) is 0 Å². The Morgan fingerprint density at radius 1 is 1.12 bits per heavy atom. The fourth-order valence-electron chi connectivity index (χ4n) is 1.53. The molecule has 2 N–H and O–H groups in total. The number of rotatable bonds is 3. The standard InChI is InChI=1S/C14H14BrNO/c1-10-13(16)3-2-4-14(10)17-9-11-5-7-12(15)8-6-11/h2-8H,9,16H2,1H3. The van der Waals surface area contributed by atoms with Gasteiger partial charge in [0.1, 0.15) is 12.4 Å². The summed E-state index contributed by atoms with van der Waals surface area (Å²) in [5.41, 5.74) is 8.71. The quantitative estimate of drug-likeness (QED) is 0.870. The van der Waals surface area contributed by atoms with E-state index in [2.05, 4.69) is 15.9 Å². The Morgan fingerprint density at radius 2 is 1.82 bits per heavy atom. The van der Waals surface area contributed by atoms with E-state index in [1.807, 2.05) is 49.4 Å². The molecular weight excluding hydrogens is 278 g/mol. The van der Waals surface area contributed by atoms with E-state index >= 15 is 0 Å². The molecule has 0 unspecified atom stereocenters. The monoisotopic (exact) mass is 291 g/mol. The Kier molecular flexibility index (Phi) is 3.69. The first-order chi connectivity index (χ1) is 8.16. The Labute approximate surface area is 110 Å². The van der Waals surface area contributed by atoms with Gasteiger partial charge in [0, 0.05) is 15.7 Å². The van der Waals surface area contributed by atoms with Crippen molar-refractivity contribution >= 4 is 21.6 Å². The molecule has 0 atom stereocenters. The predicted octanol–water partition coefficient (Wildman–Crippen LogP) is 3.92. The molecule has 0 heterocycles. The first kappa shape index (κ1) is 12.0. The third kappa shape index (κ3) is 3.01. The van der Waals surface area contributed by atoms with Crippen LogP contribution in [-0.2, 0) is 6.61 Å². The molecule has 0 saturated carbocycles. The summed E-state index contributed by atoms with van der Waals surface area (Å²) in [5, 5.41) is 0. The van der Waals surface area contributed by atoms with Crippen molar-refractivity contribution in [2.45, 2.75) is 13.5 Å². The maximum atomic E-state index is 5.82. The SMILES string of the molecule is Cc1c(N)cccc1OCc1ccc(Br)cc1. The topological polar surface area (TPSA) is 35.2 Å². The molecule has 0 fully saturated rings. The summed E-state index contributed by atoms with van der Waals surface area (Å²) < 4.78 is 6.82. The van der Waals surface area contributed by atoms with E-state index in [1.54, 1.807) is 0 Å². The molecular formula is C14H14BrNO. The molecule has 0 aliphatic carbocycles. The maximum Gasteiger partial charge on any atom is 0.124 e. The zero-order chi connectivity index (χ0) is 12.3. The normalized spacial score (nSPS) is 10.2. The van der Waals surface area contributed by atoms with Gasteiger partial charge in [0.05, 0.1) is 0 Å². The van der Waals surface area contributed by atoms with Crippen LogP contribution in [-0.4, -0.2) is 0 Å². The van der Waals surface area contributed by atoms with Crippen molar-refractivity contribution in [3.05, 3.63) is 58.1 Å². The van der Waals surface area contributed by atoms with Crippen LogP contribution in [0.3, 0.4) is 0 Å². The molecule has 0 aromatic heterocycles. The molecule has 0 spiro atoms. The van der Waals surface area contributed by atoms with Gasteiger partial charge in [0.15, 0.2) is 0 Å². The number of nitrogens with two attached hydrogens (primary N) is 1. The fourth-order valence-corrected chi connectivity index (χ4v) is 1.79. The highest BCUT2D eigenvalue weighted by atomic mass is 79.9. The van der Waals surface area contributed by atoms with Gasteiger partial charge in [-0.05, 0) is 36.8 Å². The van der Waals surface area contributed by atoms with Gasteiger partial charge >= 0.3 is 0 Å². The lowest BCUT2D eigenvalue weighted by molar-refractivity contribution is 0.304. The largest absolute Gasteiger partial charge is 0.489 e. The van der Waals surface area contributed by atoms with Gasteiger partial charge in [0.2, 0.25) is 0 Å². The second-order valence-electron chi connectivity index (χ2n) is 3.89. The smallest absolute Gasteiger partial charge is 0.124 e. The van der Waals surface area contributed by atoms with E-state index in [0.29, 0.717) is 6.61 Å². The second kappa shape index (κ2) is 5.23. The fraction of sp³-hybridized carbons (Fsp3) is 0.143. The summed E-state index contributed by atoms with van der Waals surface area (Å²) in [5.74, 6) is 0.841. The minimum atomic E-state index is 0.553. The van der Waals surface area contributed by atoms with Gasteiger partial charge in [-0.25, -0.2) is 0 Å². The summed E-state index contributed by atoms with van der Waals surface area (Å²) in [6.07, 6.45) is 0. The Hall–Kier alpha value is -1.48. The lowest BCUT2D eigenvalue weighted by atomic mass is 10.2. The van der Waals surface area contributed by atoms with E-state index in [4.69, 9.17) is 10.5 Å². The van der Waals surface area contributed by atoms with Crippen LogP contribution in [0, 0.1) is 6.92 Å². The average molecular weight is 292 g/mol. The number of hydrogen-bond donors (Lipinski definition) is 1. The van der Waals surface area contributed by atoms with E-state index in [0.717, 1.165) is 27.0 Å². The number of benzene rings is 2. The average Bonchev–Trinajstić information content (AvgIpc) is 2.33. The number of ether oxygens (including phenoxy) is 1. The van der Waals surface area contributed by atoms with Crippen LogP contribution in [0.5, 0.6) is 5.75 Å². The lowest BCUT2D eigenvalue weighted by Gasteiger charge is -2.10. The Balaban J connectivity index is 2.07. The lowest BCUT2D eigenvalue weighted by Crippen LogP contribution is -1.98. The molecule has 2 aromatic carbocycles. The minimum Gasteiger partial charge on any atom is -0.489 e. The van der Waals surface area contributed by atoms with Crippen molar-refractivity contribution < 1.29 is 4.74 Å². The molecule has 2 nitrogen and oxygen atoms in total. The number of nitrogen functional groups attached to an aromatic ring is 1. The first-order valence-electron chi connectivity index (χ1n) is 5.39. The molecule has 0 aliphatic heterocycles. The molecule has 0 radical (unpaired) electrons. The van der Waals surface area contributed by atoms with Gasteiger partial charge in [-0.15, -0.1) is 0 Å². The highest BCUT2D eigenvalue weighted by molar-refractivity contribution is 9.10. The highest BCUT2D eigenvalue weighted by Gasteiger charge is 2.02. The van der Waals surface area contributed by atoms with E-state index < -0.39 is 0 Å². The van der Waals surface area contributed by atoms with Gasteiger partial charge in [0.25, 0.3) is 0 Å². The van der Waals surface area contributed by atoms with Crippen molar-refractivity contribution in [1.29, 1.82) is 0 Å². The van der Waals surface area contributed by atoms with Gasteiger partial charge in [-0.1, -0.05) is 34.1 Å². The third-order valence-corrected chi connectivity index (χ3v) is 3.16. The van der Waals surface area contributed by atoms with Crippen LogP contribution in [0.15, 0.2) is 46.9 Å². The van der Waals surface area contributed by atoms with Crippen molar-refractivity contribution in [2.75, 3.05) is 5.73 Å². The van der Waals surface area contributed by atoms with Crippen LogP contribution in [0.2, 0.25) is 0 Å². The van der Waals surface area contributed by atoms with E-state index in [1.165, 1.54) is 0 Å². The number of anilines is 1. The molecule has 17 heavy (non-hydrogen) atoms. The molecule has 0 saturated heterocycles. The Bertz CT molecular complexity index is 508. The Morgan fingerprint density at radius 3 is 2.53 bits per heavy atom. The minimum absolute atomic E-state index is 0.553. The van der Waals surface area contributed by atoms with Gasteiger partial charge < -0.3 is 10.5 Å². The van der Waals surface area contributed by atoms with Gasteiger partial charge in [-0.2, -0.15) is 0 Å². The summed E-state index contributed by atoms with van der Waals surface area (Å²) in [6.45, 7) is 2.52. The second-order valence-corrected chi connectivity index (χ2v) is 4.80. The number of halogens is 1. The molecule has 0 aliphatic rings. The molecule has 2 aromatic rings. The molecule has 0 amide bonds. The zero-order valence-electron chi connectivity index (χ0n) is 9.61. The highest BCUT2D eigenvalue weighted by Crippen LogP contribution is 2.23. The summed E-state index contributed by atoms with van der Waals surface area (Å²) in [6, 6.07) is 13.8. The summed E-state index contributed by atoms with van der Waals surface area (Å²) >= 11 is 3.41.